The van der Waals surface area contributed by atoms with Crippen LogP contribution in [0.4, 0.5) is 0 Å². The van der Waals surface area contributed by atoms with Gasteiger partial charge in [-0.15, -0.1) is 0 Å². The van der Waals surface area contributed by atoms with Gasteiger partial charge in [0.25, 0.3) is 0 Å². The minimum absolute atomic E-state index is 0.675. The van der Waals surface area contributed by atoms with Gasteiger partial charge in [-0.2, -0.15) is 0 Å². The lowest BCUT2D eigenvalue weighted by Gasteiger charge is -2.13. The summed E-state index contributed by atoms with van der Waals surface area (Å²) in [6.07, 6.45) is 0. The molecular formula is C68H43N3O. The van der Waals surface area contributed by atoms with Gasteiger partial charge in [0.1, 0.15) is 11.2 Å². The van der Waals surface area contributed by atoms with Crippen molar-refractivity contribution >= 4 is 54.5 Å². The minimum atomic E-state index is 0.675. The molecule has 11 aromatic carbocycles. The molecule has 0 bridgehead atoms. The Kier molecular flexibility index (Phi) is 9.82. The normalized spacial score (nSPS) is 11.6. The predicted molar refractivity (Wildman–Crippen MR) is 299 cm³/mol. The van der Waals surface area contributed by atoms with Crippen molar-refractivity contribution in [2.75, 3.05) is 0 Å². The van der Waals surface area contributed by atoms with E-state index in [1.54, 1.807) is 0 Å². The molecule has 0 fully saturated rings. The first-order valence-electron chi connectivity index (χ1n) is 24.5. The molecule has 4 nitrogen and oxygen atoms in total. The van der Waals surface area contributed by atoms with Crippen LogP contribution >= 0.6 is 0 Å². The first-order valence-corrected chi connectivity index (χ1v) is 24.5. The second-order valence-corrected chi connectivity index (χ2v) is 18.5. The van der Waals surface area contributed by atoms with Gasteiger partial charge in [-0.25, -0.2) is 9.97 Å². The zero-order chi connectivity index (χ0) is 47.5. The highest BCUT2D eigenvalue weighted by atomic mass is 16.3. The summed E-state index contributed by atoms with van der Waals surface area (Å²) < 4.78 is 8.56. The highest BCUT2D eigenvalue weighted by Gasteiger charge is 2.18. The number of furan rings is 1. The maximum absolute atomic E-state index is 6.18. The molecular weight excluding hydrogens is 875 g/mol. The Bertz CT molecular complexity index is 4240. The fourth-order valence-corrected chi connectivity index (χ4v) is 10.7. The number of hydrogen-bond donors (Lipinski definition) is 0. The van der Waals surface area contributed by atoms with Gasteiger partial charge in [-0.3, -0.25) is 0 Å². The molecule has 72 heavy (non-hydrogen) atoms. The van der Waals surface area contributed by atoms with Crippen LogP contribution in [0, 0.1) is 0 Å². The smallest absolute Gasteiger partial charge is 0.160 e. The SMILES string of the molecule is c1ccc(-c2ccc(-c3cc(-c4ccc(-c5ccccc5)cc4)nc(-c4ccc(-n5c6ccccc6c6cc(-c7cccc8c(-c9ccc%10oc%11ccccc%11c%10c9)cccc78)ccc65)cc4)n3)cc2)cc1. The molecule has 4 heteroatoms. The lowest BCUT2D eigenvalue weighted by Crippen LogP contribution is -1.97. The Labute approximate surface area is 416 Å². The third kappa shape index (κ3) is 7.16. The average Bonchev–Trinajstić information content (AvgIpc) is 4.00. The number of benzene rings is 11. The summed E-state index contributed by atoms with van der Waals surface area (Å²) in [5, 5.41) is 7.11. The van der Waals surface area contributed by atoms with Crippen LogP contribution in [-0.2, 0) is 0 Å². The minimum Gasteiger partial charge on any atom is -0.456 e. The standard InChI is InChI=1S/C68H43N3O/c1-3-13-44(14-4-1)46-25-29-48(30-26-46)62-43-63(49-31-27-47(28-32-49)45-15-5-2-6-16-45)70-68(69-62)50-33-37-53(38-34-50)71-64-23-9-7-17-58(64)60-41-51(35-39-65(60)71)54-19-11-22-57-55(20-12-21-56(54)57)52-36-40-67-61(42-52)59-18-8-10-24-66(59)72-67/h1-43H. The van der Waals surface area contributed by atoms with Gasteiger partial charge in [0.15, 0.2) is 5.82 Å². The van der Waals surface area contributed by atoms with Crippen LogP contribution < -0.4 is 0 Å². The van der Waals surface area contributed by atoms with Crippen molar-refractivity contribution in [1.29, 1.82) is 0 Å². The summed E-state index contributed by atoms with van der Waals surface area (Å²) in [6, 6.07) is 93.0. The molecule has 0 amide bonds. The van der Waals surface area contributed by atoms with Crippen molar-refractivity contribution < 1.29 is 4.42 Å². The summed E-state index contributed by atoms with van der Waals surface area (Å²) in [6.45, 7) is 0. The molecule has 14 aromatic rings. The summed E-state index contributed by atoms with van der Waals surface area (Å²) in [5.41, 5.74) is 19.4. The van der Waals surface area contributed by atoms with Crippen molar-refractivity contribution in [1.82, 2.24) is 14.5 Å². The molecule has 0 unspecified atom stereocenters. The van der Waals surface area contributed by atoms with E-state index in [0.29, 0.717) is 5.82 Å². The van der Waals surface area contributed by atoms with Crippen molar-refractivity contribution in [3.05, 3.63) is 261 Å². The predicted octanol–water partition coefficient (Wildman–Crippen LogP) is 18.3. The maximum atomic E-state index is 6.18. The van der Waals surface area contributed by atoms with E-state index >= 15 is 0 Å². The summed E-state index contributed by atoms with van der Waals surface area (Å²) >= 11 is 0. The summed E-state index contributed by atoms with van der Waals surface area (Å²) in [5.74, 6) is 0.675. The second kappa shape index (κ2) is 17.1. The molecule has 336 valence electrons. The summed E-state index contributed by atoms with van der Waals surface area (Å²) in [7, 11) is 0. The molecule has 0 saturated heterocycles. The van der Waals surface area contributed by atoms with E-state index in [1.807, 2.05) is 24.3 Å². The Morgan fingerprint density at radius 1 is 0.264 bits per heavy atom. The van der Waals surface area contributed by atoms with Crippen LogP contribution in [0.25, 0.3) is 139 Å². The van der Waals surface area contributed by atoms with E-state index in [4.69, 9.17) is 14.4 Å². The van der Waals surface area contributed by atoms with E-state index in [1.165, 1.54) is 66.1 Å². The number of rotatable bonds is 8. The number of hydrogen-bond acceptors (Lipinski definition) is 3. The maximum Gasteiger partial charge on any atom is 0.160 e. The lowest BCUT2D eigenvalue weighted by molar-refractivity contribution is 0.669. The van der Waals surface area contributed by atoms with Crippen molar-refractivity contribution in [2.24, 2.45) is 0 Å². The van der Waals surface area contributed by atoms with Crippen LogP contribution in [0.5, 0.6) is 0 Å². The van der Waals surface area contributed by atoms with Crippen LogP contribution in [0.2, 0.25) is 0 Å². The lowest BCUT2D eigenvalue weighted by atomic mass is 9.92. The van der Waals surface area contributed by atoms with Crippen LogP contribution in [0.15, 0.2) is 265 Å². The number of nitrogens with zero attached hydrogens (tertiary/aromatic N) is 3. The third-order valence-corrected chi connectivity index (χ3v) is 14.3. The fraction of sp³-hybridized carbons (Fsp3) is 0. The second-order valence-electron chi connectivity index (χ2n) is 18.5. The fourth-order valence-electron chi connectivity index (χ4n) is 10.7. The number of para-hydroxylation sites is 2. The van der Waals surface area contributed by atoms with Crippen molar-refractivity contribution in [3.63, 3.8) is 0 Å². The Hall–Kier alpha value is -9.64. The van der Waals surface area contributed by atoms with Crippen molar-refractivity contribution in [3.8, 4) is 84.1 Å². The summed E-state index contributed by atoms with van der Waals surface area (Å²) in [4.78, 5) is 10.5. The average molecular weight is 918 g/mol. The molecule has 0 aliphatic heterocycles. The van der Waals surface area contributed by atoms with Crippen LogP contribution in [0.3, 0.4) is 0 Å². The van der Waals surface area contributed by atoms with E-state index in [0.717, 1.165) is 66.7 Å². The van der Waals surface area contributed by atoms with Crippen LogP contribution in [-0.4, -0.2) is 14.5 Å². The molecule has 3 aromatic heterocycles. The first-order chi connectivity index (χ1) is 35.7. The van der Waals surface area contributed by atoms with E-state index in [-0.39, 0.29) is 0 Å². The largest absolute Gasteiger partial charge is 0.456 e. The molecule has 0 N–H and O–H groups in total. The van der Waals surface area contributed by atoms with Crippen molar-refractivity contribution in [2.45, 2.75) is 0 Å². The molecule has 0 saturated carbocycles. The molecule has 0 atom stereocenters. The number of aromatic nitrogens is 3. The molecule has 0 radical (unpaired) electrons. The molecule has 0 aliphatic carbocycles. The molecule has 0 aliphatic rings. The Morgan fingerprint density at radius 2 is 0.708 bits per heavy atom. The molecule has 0 spiro atoms. The van der Waals surface area contributed by atoms with E-state index in [2.05, 4.69) is 241 Å². The van der Waals surface area contributed by atoms with Gasteiger partial charge >= 0.3 is 0 Å². The van der Waals surface area contributed by atoms with Gasteiger partial charge in [-0.1, -0.05) is 194 Å². The highest BCUT2D eigenvalue weighted by Crippen LogP contribution is 2.41. The Balaban J connectivity index is 0.835. The monoisotopic (exact) mass is 917 g/mol. The van der Waals surface area contributed by atoms with E-state index < -0.39 is 0 Å². The molecule has 3 heterocycles. The Morgan fingerprint density at radius 3 is 1.33 bits per heavy atom. The topological polar surface area (TPSA) is 43.9 Å². The zero-order valence-electron chi connectivity index (χ0n) is 39.1. The quantitative estimate of drug-likeness (QED) is 0.153. The van der Waals surface area contributed by atoms with Gasteiger partial charge in [-0.05, 0) is 122 Å². The zero-order valence-corrected chi connectivity index (χ0v) is 39.1. The van der Waals surface area contributed by atoms with Gasteiger partial charge in [0.05, 0.1) is 22.4 Å². The highest BCUT2D eigenvalue weighted by molar-refractivity contribution is 6.13. The third-order valence-electron chi connectivity index (χ3n) is 14.3. The van der Waals surface area contributed by atoms with E-state index in [9.17, 15) is 0 Å². The van der Waals surface area contributed by atoms with Crippen LogP contribution in [0.1, 0.15) is 0 Å². The number of fused-ring (bicyclic) bond motifs is 7. The molecule has 14 rings (SSSR count). The van der Waals surface area contributed by atoms with Gasteiger partial charge in [0.2, 0.25) is 0 Å². The van der Waals surface area contributed by atoms with Gasteiger partial charge in [0, 0.05) is 43.9 Å². The first kappa shape index (κ1) is 41.3. The van der Waals surface area contributed by atoms with Gasteiger partial charge < -0.3 is 8.98 Å².